The number of benzene rings is 2. The predicted molar refractivity (Wildman–Crippen MR) is 75.7 cm³/mol. The highest BCUT2D eigenvalue weighted by Crippen LogP contribution is 2.21. The zero-order valence-corrected chi connectivity index (χ0v) is 11.2. The van der Waals surface area contributed by atoms with E-state index in [4.69, 9.17) is 0 Å². The van der Waals surface area contributed by atoms with E-state index in [0.717, 1.165) is 0 Å². The summed E-state index contributed by atoms with van der Waals surface area (Å²) < 4.78 is 25.5. The molecular formula is C17H14F2O2. The van der Waals surface area contributed by atoms with E-state index in [2.05, 4.69) is 0 Å². The van der Waals surface area contributed by atoms with Crippen molar-refractivity contribution in [3.63, 3.8) is 0 Å². The van der Waals surface area contributed by atoms with Crippen molar-refractivity contribution >= 4 is 11.6 Å². The number of hydrogen-bond donors (Lipinski definition) is 0. The molecule has 0 fully saturated rings. The number of carbonyl (C=O) groups excluding carboxylic acids is 2. The summed E-state index contributed by atoms with van der Waals surface area (Å²) in [5.41, 5.74) is 0.542. The van der Waals surface area contributed by atoms with Gasteiger partial charge in [0.1, 0.15) is 0 Å². The first-order valence-electron chi connectivity index (χ1n) is 6.56. The lowest BCUT2D eigenvalue weighted by Gasteiger charge is -2.14. The molecule has 2 aromatic rings. The van der Waals surface area contributed by atoms with Gasteiger partial charge in [0.2, 0.25) is 6.43 Å². The maximum Gasteiger partial charge on any atom is 0.239 e. The van der Waals surface area contributed by atoms with Gasteiger partial charge in [-0.15, -0.1) is 0 Å². The molecule has 2 aromatic carbocycles. The minimum absolute atomic E-state index is 0.271. The fourth-order valence-corrected chi connectivity index (χ4v) is 2.12. The molecule has 4 heteroatoms. The van der Waals surface area contributed by atoms with Gasteiger partial charge in [0, 0.05) is 17.5 Å². The van der Waals surface area contributed by atoms with Gasteiger partial charge in [-0.3, -0.25) is 9.59 Å². The Balaban J connectivity index is 2.31. The van der Waals surface area contributed by atoms with Crippen LogP contribution in [0.15, 0.2) is 60.7 Å². The van der Waals surface area contributed by atoms with Crippen molar-refractivity contribution in [2.45, 2.75) is 12.8 Å². The second kappa shape index (κ2) is 6.88. The van der Waals surface area contributed by atoms with Crippen LogP contribution in [0.2, 0.25) is 0 Å². The topological polar surface area (TPSA) is 34.1 Å². The van der Waals surface area contributed by atoms with Crippen molar-refractivity contribution in [1.82, 2.24) is 0 Å². The monoisotopic (exact) mass is 288 g/mol. The summed E-state index contributed by atoms with van der Waals surface area (Å²) >= 11 is 0. The van der Waals surface area contributed by atoms with Crippen LogP contribution in [0.4, 0.5) is 8.78 Å². The van der Waals surface area contributed by atoms with Crippen LogP contribution in [0.1, 0.15) is 27.1 Å². The van der Waals surface area contributed by atoms with E-state index < -0.39 is 30.3 Å². The summed E-state index contributed by atoms with van der Waals surface area (Å²) in [7, 11) is 0. The van der Waals surface area contributed by atoms with E-state index in [9.17, 15) is 18.4 Å². The van der Waals surface area contributed by atoms with Crippen molar-refractivity contribution in [3.8, 4) is 0 Å². The van der Waals surface area contributed by atoms with E-state index in [1.807, 2.05) is 0 Å². The van der Waals surface area contributed by atoms with E-state index in [1.54, 1.807) is 36.4 Å². The molecule has 21 heavy (non-hydrogen) atoms. The molecule has 108 valence electrons. The molecule has 0 aliphatic carbocycles. The molecule has 0 unspecified atom stereocenters. The molecule has 0 heterocycles. The number of halogens is 2. The zero-order valence-electron chi connectivity index (χ0n) is 11.2. The molecule has 0 saturated heterocycles. The van der Waals surface area contributed by atoms with Gasteiger partial charge >= 0.3 is 0 Å². The number of carbonyl (C=O) groups is 2. The SMILES string of the molecule is O=C(c1ccccc1)C(CC(F)F)C(=O)c1ccccc1. The van der Waals surface area contributed by atoms with Gasteiger partial charge in [-0.05, 0) is 0 Å². The molecule has 0 bridgehead atoms. The number of ketones is 2. The van der Waals surface area contributed by atoms with Crippen molar-refractivity contribution in [2.75, 3.05) is 0 Å². The Morgan fingerprint density at radius 3 is 1.48 bits per heavy atom. The third kappa shape index (κ3) is 3.81. The fraction of sp³-hybridized carbons (Fsp3) is 0.176. The summed E-state index contributed by atoms with van der Waals surface area (Å²) in [6.07, 6.45) is -3.48. The van der Waals surface area contributed by atoms with Gasteiger partial charge in [-0.25, -0.2) is 8.78 Å². The van der Waals surface area contributed by atoms with Crippen molar-refractivity contribution in [3.05, 3.63) is 71.8 Å². The smallest absolute Gasteiger partial charge is 0.239 e. The fourth-order valence-electron chi connectivity index (χ4n) is 2.12. The predicted octanol–water partition coefficient (Wildman–Crippen LogP) is 4.02. The third-order valence-corrected chi connectivity index (χ3v) is 3.16. The average Bonchev–Trinajstić information content (AvgIpc) is 2.53. The Labute approximate surface area is 121 Å². The summed E-state index contributed by atoms with van der Waals surface area (Å²) in [4.78, 5) is 24.7. The van der Waals surface area contributed by atoms with Crippen LogP contribution in [-0.2, 0) is 0 Å². The van der Waals surface area contributed by atoms with E-state index in [0.29, 0.717) is 0 Å². The Bertz CT molecular complexity index is 558. The van der Waals surface area contributed by atoms with Crippen LogP contribution >= 0.6 is 0 Å². The standard InChI is InChI=1S/C17H14F2O2/c18-15(19)11-14(16(20)12-7-3-1-4-8-12)17(21)13-9-5-2-6-10-13/h1-10,14-15H,11H2. The molecule has 0 saturated carbocycles. The first-order chi connectivity index (χ1) is 10.1. The molecule has 0 aliphatic heterocycles. The second-order valence-corrected chi connectivity index (χ2v) is 4.64. The maximum absolute atomic E-state index is 12.7. The van der Waals surface area contributed by atoms with E-state index in [1.165, 1.54) is 24.3 Å². The van der Waals surface area contributed by atoms with Crippen molar-refractivity contribution in [1.29, 1.82) is 0 Å². The molecule has 0 aliphatic rings. The van der Waals surface area contributed by atoms with Gasteiger partial charge in [-0.1, -0.05) is 60.7 Å². The summed E-state index contributed by atoms with van der Waals surface area (Å²) in [5, 5.41) is 0. The highest BCUT2D eigenvalue weighted by molar-refractivity contribution is 6.16. The van der Waals surface area contributed by atoms with Crippen LogP contribution in [0.25, 0.3) is 0 Å². The summed E-state index contributed by atoms with van der Waals surface area (Å²) in [5.74, 6) is -2.48. The highest BCUT2D eigenvalue weighted by atomic mass is 19.3. The van der Waals surface area contributed by atoms with Gasteiger partial charge in [0.05, 0.1) is 5.92 Å². The minimum atomic E-state index is -2.71. The van der Waals surface area contributed by atoms with Crippen LogP contribution < -0.4 is 0 Å². The third-order valence-electron chi connectivity index (χ3n) is 3.16. The minimum Gasteiger partial charge on any atom is -0.293 e. The zero-order chi connectivity index (χ0) is 15.2. The molecule has 0 atom stereocenters. The normalized spacial score (nSPS) is 10.9. The van der Waals surface area contributed by atoms with E-state index in [-0.39, 0.29) is 11.1 Å². The van der Waals surface area contributed by atoms with Gasteiger partial charge in [0.15, 0.2) is 11.6 Å². The highest BCUT2D eigenvalue weighted by Gasteiger charge is 2.31. The van der Waals surface area contributed by atoms with Crippen molar-refractivity contribution in [2.24, 2.45) is 5.92 Å². The molecule has 0 N–H and O–H groups in total. The Hall–Kier alpha value is -2.36. The van der Waals surface area contributed by atoms with Crippen LogP contribution in [0, 0.1) is 5.92 Å². The number of rotatable bonds is 6. The van der Waals surface area contributed by atoms with E-state index >= 15 is 0 Å². The molecule has 2 nitrogen and oxygen atoms in total. The summed E-state index contributed by atoms with van der Waals surface area (Å²) in [6.45, 7) is 0. The Morgan fingerprint density at radius 1 is 0.762 bits per heavy atom. The molecule has 0 radical (unpaired) electrons. The number of hydrogen-bond acceptors (Lipinski definition) is 2. The van der Waals surface area contributed by atoms with Crippen LogP contribution in [0.3, 0.4) is 0 Å². The van der Waals surface area contributed by atoms with Crippen LogP contribution in [-0.4, -0.2) is 18.0 Å². The molecule has 0 amide bonds. The lowest BCUT2D eigenvalue weighted by atomic mass is 9.87. The van der Waals surface area contributed by atoms with Crippen molar-refractivity contribution < 1.29 is 18.4 Å². The molecule has 2 rings (SSSR count). The summed E-state index contributed by atoms with van der Waals surface area (Å²) in [6, 6.07) is 16.1. The largest absolute Gasteiger partial charge is 0.293 e. The van der Waals surface area contributed by atoms with Gasteiger partial charge < -0.3 is 0 Å². The Kier molecular flexibility index (Phi) is 4.93. The number of alkyl halides is 2. The lowest BCUT2D eigenvalue weighted by molar-refractivity contribution is 0.0671. The van der Waals surface area contributed by atoms with Crippen LogP contribution in [0.5, 0.6) is 0 Å². The quantitative estimate of drug-likeness (QED) is 0.594. The lowest BCUT2D eigenvalue weighted by Crippen LogP contribution is -2.26. The Morgan fingerprint density at radius 2 is 1.14 bits per heavy atom. The molecule has 0 aromatic heterocycles. The second-order valence-electron chi connectivity index (χ2n) is 4.64. The molecule has 0 spiro atoms. The first-order valence-corrected chi connectivity index (χ1v) is 6.56. The van der Waals surface area contributed by atoms with Gasteiger partial charge in [0.25, 0.3) is 0 Å². The first kappa shape index (κ1) is 15.0. The number of Topliss-reactive ketones (excluding diaryl/α,β-unsaturated/α-hetero) is 2. The maximum atomic E-state index is 12.7. The molecular weight excluding hydrogens is 274 g/mol. The average molecular weight is 288 g/mol. The van der Waals surface area contributed by atoms with Gasteiger partial charge in [-0.2, -0.15) is 0 Å².